The topological polar surface area (TPSA) is 37.8 Å². The highest BCUT2D eigenvalue weighted by molar-refractivity contribution is 5.38. The zero-order chi connectivity index (χ0) is 11.2. The van der Waals surface area contributed by atoms with E-state index in [4.69, 9.17) is 0 Å². The van der Waals surface area contributed by atoms with Crippen LogP contribution in [0.25, 0.3) is 0 Å². The molecule has 0 aliphatic rings. The van der Waals surface area contributed by atoms with E-state index in [1.54, 1.807) is 12.4 Å². The molecule has 3 heteroatoms. The number of pyridine rings is 2. The minimum atomic E-state index is 0.780. The molecule has 0 aliphatic carbocycles. The van der Waals surface area contributed by atoms with Crippen molar-refractivity contribution in [1.82, 2.24) is 9.97 Å². The van der Waals surface area contributed by atoms with Crippen molar-refractivity contribution in [2.75, 3.05) is 5.32 Å². The number of rotatable bonds is 4. The van der Waals surface area contributed by atoms with Crippen molar-refractivity contribution in [3.63, 3.8) is 0 Å². The third-order valence-electron chi connectivity index (χ3n) is 2.46. The first kappa shape index (κ1) is 10.6. The molecule has 0 bridgehead atoms. The third-order valence-corrected chi connectivity index (χ3v) is 2.46. The Morgan fingerprint density at radius 3 is 2.56 bits per heavy atom. The third kappa shape index (κ3) is 2.79. The van der Waals surface area contributed by atoms with Crippen molar-refractivity contribution >= 4 is 5.82 Å². The molecule has 2 rings (SSSR count). The first-order chi connectivity index (χ1) is 7.88. The van der Waals surface area contributed by atoms with Crippen LogP contribution in [-0.2, 0) is 13.0 Å². The lowest BCUT2D eigenvalue weighted by Crippen LogP contribution is -2.01. The van der Waals surface area contributed by atoms with Gasteiger partial charge in [0.2, 0.25) is 0 Å². The average molecular weight is 213 g/mol. The van der Waals surface area contributed by atoms with Gasteiger partial charge in [-0.1, -0.05) is 6.92 Å². The van der Waals surface area contributed by atoms with E-state index in [0.717, 1.165) is 18.8 Å². The van der Waals surface area contributed by atoms with Crippen LogP contribution in [0.15, 0.2) is 42.9 Å². The summed E-state index contributed by atoms with van der Waals surface area (Å²) in [4.78, 5) is 8.26. The normalized spacial score (nSPS) is 10.1. The van der Waals surface area contributed by atoms with Gasteiger partial charge in [0, 0.05) is 25.1 Å². The summed E-state index contributed by atoms with van der Waals surface area (Å²) < 4.78 is 0. The van der Waals surface area contributed by atoms with Gasteiger partial charge < -0.3 is 5.32 Å². The van der Waals surface area contributed by atoms with E-state index >= 15 is 0 Å². The number of nitrogens with one attached hydrogen (secondary N) is 1. The average Bonchev–Trinajstić information content (AvgIpc) is 2.38. The molecule has 2 aromatic heterocycles. The molecule has 82 valence electrons. The summed E-state index contributed by atoms with van der Waals surface area (Å²) in [6, 6.07) is 8.12. The van der Waals surface area contributed by atoms with E-state index in [2.05, 4.69) is 28.3 Å². The van der Waals surface area contributed by atoms with Gasteiger partial charge in [-0.3, -0.25) is 4.98 Å². The summed E-state index contributed by atoms with van der Waals surface area (Å²) in [6.07, 6.45) is 6.47. The van der Waals surface area contributed by atoms with Gasteiger partial charge in [0.05, 0.1) is 0 Å². The summed E-state index contributed by atoms with van der Waals surface area (Å²) in [6.45, 7) is 2.92. The SMILES string of the molecule is CCc1ccnc(NCc2ccncc2)c1. The molecule has 0 unspecified atom stereocenters. The molecular weight excluding hydrogens is 198 g/mol. The smallest absolute Gasteiger partial charge is 0.126 e. The van der Waals surface area contributed by atoms with Crippen LogP contribution in [0.2, 0.25) is 0 Å². The highest BCUT2D eigenvalue weighted by Crippen LogP contribution is 2.08. The number of nitrogens with zero attached hydrogens (tertiary/aromatic N) is 2. The van der Waals surface area contributed by atoms with Gasteiger partial charge in [-0.25, -0.2) is 4.98 Å². The molecule has 2 heterocycles. The van der Waals surface area contributed by atoms with Crippen molar-refractivity contribution in [1.29, 1.82) is 0 Å². The van der Waals surface area contributed by atoms with Crippen LogP contribution in [0.1, 0.15) is 18.1 Å². The molecular formula is C13H15N3. The Balaban J connectivity index is 1.99. The molecule has 0 saturated carbocycles. The lowest BCUT2D eigenvalue weighted by Gasteiger charge is -2.06. The number of aromatic nitrogens is 2. The van der Waals surface area contributed by atoms with Crippen LogP contribution >= 0.6 is 0 Å². The van der Waals surface area contributed by atoms with E-state index in [0.29, 0.717) is 0 Å². The highest BCUT2D eigenvalue weighted by Gasteiger charge is 1.96. The Hall–Kier alpha value is -1.90. The summed E-state index contributed by atoms with van der Waals surface area (Å²) in [5.41, 5.74) is 2.51. The molecule has 0 radical (unpaired) electrons. The fourth-order valence-corrected chi connectivity index (χ4v) is 1.48. The lowest BCUT2D eigenvalue weighted by molar-refractivity contribution is 1.07. The minimum Gasteiger partial charge on any atom is -0.366 e. The van der Waals surface area contributed by atoms with Crippen LogP contribution in [0.5, 0.6) is 0 Å². The maximum atomic E-state index is 4.28. The first-order valence-electron chi connectivity index (χ1n) is 5.46. The van der Waals surface area contributed by atoms with Gasteiger partial charge >= 0.3 is 0 Å². The summed E-state index contributed by atoms with van der Waals surface area (Å²) in [5.74, 6) is 0.927. The van der Waals surface area contributed by atoms with Gasteiger partial charge in [0.15, 0.2) is 0 Å². The quantitative estimate of drug-likeness (QED) is 0.848. The molecule has 16 heavy (non-hydrogen) atoms. The molecule has 0 saturated heterocycles. The molecule has 0 aromatic carbocycles. The minimum absolute atomic E-state index is 0.780. The van der Waals surface area contributed by atoms with Crippen molar-refractivity contribution < 1.29 is 0 Å². The van der Waals surface area contributed by atoms with E-state index in [-0.39, 0.29) is 0 Å². The Morgan fingerprint density at radius 2 is 1.81 bits per heavy atom. The molecule has 0 amide bonds. The molecule has 0 spiro atoms. The van der Waals surface area contributed by atoms with Crippen LogP contribution in [0.3, 0.4) is 0 Å². The van der Waals surface area contributed by atoms with E-state index in [9.17, 15) is 0 Å². The predicted octanol–water partition coefficient (Wildman–Crippen LogP) is 2.65. The molecule has 0 atom stereocenters. The van der Waals surface area contributed by atoms with Crippen LogP contribution in [0.4, 0.5) is 5.82 Å². The van der Waals surface area contributed by atoms with E-state index in [1.165, 1.54) is 11.1 Å². The number of anilines is 1. The molecule has 0 aliphatic heterocycles. The lowest BCUT2D eigenvalue weighted by atomic mass is 10.2. The monoisotopic (exact) mass is 213 g/mol. The molecule has 1 N–H and O–H groups in total. The van der Waals surface area contributed by atoms with Gasteiger partial charge in [-0.2, -0.15) is 0 Å². The predicted molar refractivity (Wildman–Crippen MR) is 65.2 cm³/mol. The second kappa shape index (κ2) is 5.26. The summed E-state index contributed by atoms with van der Waals surface area (Å²) >= 11 is 0. The van der Waals surface area contributed by atoms with Crippen molar-refractivity contribution in [3.05, 3.63) is 54.0 Å². The largest absolute Gasteiger partial charge is 0.366 e. The van der Waals surface area contributed by atoms with Crippen molar-refractivity contribution in [2.24, 2.45) is 0 Å². The van der Waals surface area contributed by atoms with Crippen LogP contribution in [0, 0.1) is 0 Å². The number of hydrogen-bond donors (Lipinski definition) is 1. The van der Waals surface area contributed by atoms with E-state index < -0.39 is 0 Å². The Labute approximate surface area is 95.6 Å². The zero-order valence-corrected chi connectivity index (χ0v) is 9.35. The van der Waals surface area contributed by atoms with Gasteiger partial charge in [-0.05, 0) is 41.8 Å². The highest BCUT2D eigenvalue weighted by atomic mass is 15.0. The van der Waals surface area contributed by atoms with Gasteiger partial charge in [0.1, 0.15) is 5.82 Å². The number of aryl methyl sites for hydroxylation is 1. The van der Waals surface area contributed by atoms with Gasteiger partial charge in [0.25, 0.3) is 0 Å². The molecule has 0 fully saturated rings. The maximum Gasteiger partial charge on any atom is 0.126 e. The molecule has 3 nitrogen and oxygen atoms in total. The fraction of sp³-hybridized carbons (Fsp3) is 0.231. The second-order valence-corrected chi connectivity index (χ2v) is 3.61. The zero-order valence-electron chi connectivity index (χ0n) is 9.35. The second-order valence-electron chi connectivity index (χ2n) is 3.61. The Bertz CT molecular complexity index is 440. The standard InChI is InChI=1S/C13H15N3/c1-2-11-5-8-15-13(9-11)16-10-12-3-6-14-7-4-12/h3-9H,2,10H2,1H3,(H,15,16). The maximum absolute atomic E-state index is 4.28. The first-order valence-corrected chi connectivity index (χ1v) is 5.46. The Kier molecular flexibility index (Phi) is 3.49. The fourth-order valence-electron chi connectivity index (χ4n) is 1.48. The van der Waals surface area contributed by atoms with Crippen LogP contribution < -0.4 is 5.32 Å². The summed E-state index contributed by atoms with van der Waals surface area (Å²) in [7, 11) is 0. The molecule has 2 aromatic rings. The Morgan fingerprint density at radius 1 is 1.06 bits per heavy atom. The van der Waals surface area contributed by atoms with Crippen molar-refractivity contribution in [3.8, 4) is 0 Å². The van der Waals surface area contributed by atoms with E-state index in [1.807, 2.05) is 24.4 Å². The van der Waals surface area contributed by atoms with Crippen molar-refractivity contribution in [2.45, 2.75) is 19.9 Å². The summed E-state index contributed by atoms with van der Waals surface area (Å²) in [5, 5.41) is 3.30. The van der Waals surface area contributed by atoms with Crippen LogP contribution in [-0.4, -0.2) is 9.97 Å². The van der Waals surface area contributed by atoms with Gasteiger partial charge in [-0.15, -0.1) is 0 Å². The number of hydrogen-bond acceptors (Lipinski definition) is 3.